The molecule has 3 aliphatic rings. The molecule has 2 aromatic rings. The van der Waals surface area contributed by atoms with Crippen molar-refractivity contribution in [2.45, 2.75) is 43.7 Å². The summed E-state index contributed by atoms with van der Waals surface area (Å²) in [6, 6.07) is 8.76. The van der Waals surface area contributed by atoms with Gasteiger partial charge in [0.05, 0.1) is 18.6 Å². The number of carboxylic acid groups (broad SMARTS) is 1. The number of hydrogen-bond acceptors (Lipinski definition) is 5. The highest BCUT2D eigenvalue weighted by Crippen LogP contribution is 2.33. The summed E-state index contributed by atoms with van der Waals surface area (Å²) in [5.74, 6) is -3.20. The average Bonchev–Trinajstić information content (AvgIpc) is 3.56. The zero-order chi connectivity index (χ0) is 26.8. The molecule has 2 aromatic carbocycles. The fourth-order valence-electron chi connectivity index (χ4n) is 6.42. The van der Waals surface area contributed by atoms with Crippen molar-refractivity contribution in [2.75, 3.05) is 46.4 Å². The van der Waals surface area contributed by atoms with E-state index in [0.29, 0.717) is 44.7 Å². The largest absolute Gasteiger partial charge is 0.480 e. The van der Waals surface area contributed by atoms with E-state index in [1.54, 1.807) is 12.0 Å². The number of aliphatic carboxylic acids is 1. The first kappa shape index (κ1) is 26.7. The standard InChI is InChI=1S/C29H35F2N3O4/c1-38-17-22-16-33(27(29(36)37)12-18-5-6-19-3-2-4-20(19)11-18)9-10-34(22)28(35)25-15-32-14-24(25)23-8-7-21(30)13-26(23)31/h5-8,11,13,22,24-25,27,32H,2-4,9-10,12,14-17H2,1H3,(H,36,37)/t22-,24+,25-,27?/m1/s1. The first-order valence-electron chi connectivity index (χ1n) is 13.4. The monoisotopic (exact) mass is 527 g/mol. The van der Waals surface area contributed by atoms with Crippen LogP contribution in [0, 0.1) is 17.6 Å². The first-order chi connectivity index (χ1) is 18.4. The predicted octanol–water partition coefficient (Wildman–Crippen LogP) is 2.61. The Bertz CT molecular complexity index is 1190. The van der Waals surface area contributed by atoms with E-state index in [9.17, 15) is 23.5 Å². The second-order valence-corrected chi connectivity index (χ2v) is 10.7. The predicted molar refractivity (Wildman–Crippen MR) is 138 cm³/mol. The fourth-order valence-corrected chi connectivity index (χ4v) is 6.42. The third kappa shape index (κ3) is 5.46. The number of ether oxygens (including phenoxy) is 1. The van der Waals surface area contributed by atoms with Gasteiger partial charge in [0.1, 0.15) is 17.7 Å². The van der Waals surface area contributed by atoms with E-state index in [4.69, 9.17) is 4.74 Å². The Morgan fingerprint density at radius 1 is 1.11 bits per heavy atom. The normalized spacial score (nSPS) is 24.4. The summed E-state index contributed by atoms with van der Waals surface area (Å²) in [6.45, 7) is 2.24. The number of rotatable bonds is 8. The molecule has 0 bridgehead atoms. The second-order valence-electron chi connectivity index (χ2n) is 10.7. The topological polar surface area (TPSA) is 82.1 Å². The van der Waals surface area contributed by atoms with Gasteiger partial charge in [0.2, 0.25) is 5.91 Å². The molecule has 9 heteroatoms. The molecule has 0 radical (unpaired) electrons. The third-order valence-corrected chi connectivity index (χ3v) is 8.37. The molecule has 1 amide bonds. The van der Waals surface area contributed by atoms with Crippen LogP contribution in [0.1, 0.15) is 34.6 Å². The van der Waals surface area contributed by atoms with E-state index in [2.05, 4.69) is 17.4 Å². The van der Waals surface area contributed by atoms with Gasteiger partial charge in [0, 0.05) is 51.8 Å². The molecule has 38 heavy (non-hydrogen) atoms. The summed E-state index contributed by atoms with van der Waals surface area (Å²) in [4.78, 5) is 29.8. The molecule has 204 valence electrons. The molecule has 0 spiro atoms. The molecular formula is C29H35F2N3O4. The Morgan fingerprint density at radius 3 is 2.68 bits per heavy atom. The van der Waals surface area contributed by atoms with Crippen LogP contribution in [0.5, 0.6) is 0 Å². The van der Waals surface area contributed by atoms with Crippen LogP contribution >= 0.6 is 0 Å². The molecule has 2 aliphatic heterocycles. The molecule has 2 saturated heterocycles. The lowest BCUT2D eigenvalue weighted by molar-refractivity contribution is -0.148. The number of methoxy groups -OCH3 is 1. The number of amides is 1. The van der Waals surface area contributed by atoms with Gasteiger partial charge >= 0.3 is 5.97 Å². The molecular weight excluding hydrogens is 492 g/mol. The summed E-state index contributed by atoms with van der Waals surface area (Å²) in [5, 5.41) is 13.3. The number of carboxylic acids is 1. The van der Waals surface area contributed by atoms with Crippen LogP contribution in [-0.2, 0) is 33.6 Å². The molecule has 5 rings (SSSR count). The maximum Gasteiger partial charge on any atom is 0.321 e. The Balaban J connectivity index is 1.31. The molecule has 2 fully saturated rings. The maximum absolute atomic E-state index is 14.6. The lowest BCUT2D eigenvalue weighted by atomic mass is 9.87. The smallest absolute Gasteiger partial charge is 0.321 e. The Labute approximate surface area is 221 Å². The summed E-state index contributed by atoms with van der Waals surface area (Å²) in [5.41, 5.74) is 4.02. The summed E-state index contributed by atoms with van der Waals surface area (Å²) in [6.07, 6.45) is 3.66. The maximum atomic E-state index is 14.6. The molecule has 1 aliphatic carbocycles. The highest BCUT2D eigenvalue weighted by Gasteiger charge is 2.42. The number of benzene rings is 2. The number of carbonyl (C=O) groups is 2. The Morgan fingerprint density at radius 2 is 1.92 bits per heavy atom. The lowest BCUT2D eigenvalue weighted by Crippen LogP contribution is -2.61. The van der Waals surface area contributed by atoms with Gasteiger partial charge in [-0.2, -0.15) is 0 Å². The third-order valence-electron chi connectivity index (χ3n) is 8.37. The SMILES string of the molecule is COC[C@H]1CN(C(Cc2ccc3c(c2)CCC3)C(=O)O)CCN1C(=O)[C@@H]1CNC[C@H]1c1ccc(F)cc1F. The van der Waals surface area contributed by atoms with Crippen molar-refractivity contribution in [1.29, 1.82) is 0 Å². The zero-order valence-corrected chi connectivity index (χ0v) is 21.7. The number of piperazine rings is 1. The van der Waals surface area contributed by atoms with Crippen molar-refractivity contribution in [3.8, 4) is 0 Å². The summed E-state index contributed by atoms with van der Waals surface area (Å²) < 4.78 is 33.5. The van der Waals surface area contributed by atoms with Crippen LogP contribution in [0.4, 0.5) is 8.78 Å². The number of nitrogens with zero attached hydrogens (tertiary/aromatic N) is 2. The van der Waals surface area contributed by atoms with E-state index in [-0.39, 0.29) is 18.6 Å². The van der Waals surface area contributed by atoms with Crippen LogP contribution in [0.15, 0.2) is 36.4 Å². The Hall–Kier alpha value is -2.88. The van der Waals surface area contributed by atoms with Crippen molar-refractivity contribution in [1.82, 2.24) is 15.1 Å². The van der Waals surface area contributed by atoms with Gasteiger partial charge in [-0.3, -0.25) is 14.5 Å². The van der Waals surface area contributed by atoms with E-state index >= 15 is 0 Å². The number of aryl methyl sites for hydroxylation is 2. The molecule has 2 heterocycles. The fraction of sp³-hybridized carbons (Fsp3) is 0.517. The lowest BCUT2D eigenvalue weighted by Gasteiger charge is -2.44. The van der Waals surface area contributed by atoms with Crippen molar-refractivity contribution in [3.05, 3.63) is 70.3 Å². The van der Waals surface area contributed by atoms with Gasteiger partial charge < -0.3 is 20.1 Å². The summed E-state index contributed by atoms with van der Waals surface area (Å²) in [7, 11) is 1.56. The van der Waals surface area contributed by atoms with Gasteiger partial charge in [0.25, 0.3) is 0 Å². The van der Waals surface area contributed by atoms with Crippen molar-refractivity contribution in [2.24, 2.45) is 5.92 Å². The molecule has 0 saturated carbocycles. The van der Waals surface area contributed by atoms with E-state index < -0.39 is 35.5 Å². The minimum Gasteiger partial charge on any atom is -0.480 e. The van der Waals surface area contributed by atoms with Crippen LogP contribution < -0.4 is 5.32 Å². The minimum absolute atomic E-state index is 0.115. The zero-order valence-electron chi connectivity index (χ0n) is 21.7. The van der Waals surface area contributed by atoms with Crippen LogP contribution in [0.2, 0.25) is 0 Å². The minimum atomic E-state index is -0.881. The van der Waals surface area contributed by atoms with Crippen LogP contribution in [0.3, 0.4) is 0 Å². The molecule has 7 nitrogen and oxygen atoms in total. The van der Waals surface area contributed by atoms with E-state index in [1.807, 2.05) is 11.0 Å². The van der Waals surface area contributed by atoms with Gasteiger partial charge in [-0.1, -0.05) is 24.3 Å². The quantitative estimate of drug-likeness (QED) is 0.550. The van der Waals surface area contributed by atoms with Crippen molar-refractivity contribution in [3.63, 3.8) is 0 Å². The van der Waals surface area contributed by atoms with Crippen molar-refractivity contribution >= 4 is 11.9 Å². The van der Waals surface area contributed by atoms with Gasteiger partial charge in [-0.25, -0.2) is 8.78 Å². The molecule has 0 aromatic heterocycles. The average molecular weight is 528 g/mol. The van der Waals surface area contributed by atoms with Gasteiger partial charge in [-0.05, 0) is 54.0 Å². The number of nitrogens with one attached hydrogen (secondary N) is 1. The van der Waals surface area contributed by atoms with E-state index in [1.165, 1.54) is 23.3 Å². The Kier molecular flexibility index (Phi) is 8.07. The second kappa shape index (κ2) is 11.5. The number of hydrogen-bond donors (Lipinski definition) is 2. The van der Waals surface area contributed by atoms with Gasteiger partial charge in [-0.15, -0.1) is 0 Å². The van der Waals surface area contributed by atoms with Crippen LogP contribution in [0.25, 0.3) is 0 Å². The summed E-state index contributed by atoms with van der Waals surface area (Å²) >= 11 is 0. The van der Waals surface area contributed by atoms with E-state index in [0.717, 1.165) is 30.9 Å². The molecule has 4 atom stereocenters. The first-order valence-corrected chi connectivity index (χ1v) is 13.4. The highest BCUT2D eigenvalue weighted by atomic mass is 19.1. The molecule has 2 N–H and O–H groups in total. The highest BCUT2D eigenvalue weighted by molar-refractivity contribution is 5.81. The number of halogens is 2. The van der Waals surface area contributed by atoms with Gasteiger partial charge in [0.15, 0.2) is 0 Å². The van der Waals surface area contributed by atoms with Crippen LogP contribution in [-0.4, -0.2) is 85.3 Å². The number of fused-ring (bicyclic) bond motifs is 1. The molecule has 1 unspecified atom stereocenters. The van der Waals surface area contributed by atoms with Crippen molar-refractivity contribution < 1.29 is 28.2 Å². The number of carbonyl (C=O) groups excluding carboxylic acids is 1.